The molecular weight excluding hydrogens is 342 g/mol. The zero-order chi connectivity index (χ0) is 18.3. The summed E-state index contributed by atoms with van der Waals surface area (Å²) in [7, 11) is -1.57. The number of carbonyl (C=O) groups is 1. The van der Waals surface area contributed by atoms with Crippen LogP contribution < -0.4 is 10.6 Å². The van der Waals surface area contributed by atoms with Crippen molar-refractivity contribution in [2.75, 3.05) is 39.5 Å². The first-order valence-corrected chi connectivity index (χ1v) is 10.3. The van der Waals surface area contributed by atoms with Gasteiger partial charge in [-0.2, -0.15) is 0 Å². The normalized spacial score (nSPS) is 17.8. The van der Waals surface area contributed by atoms with Gasteiger partial charge in [-0.1, -0.05) is 30.3 Å². The van der Waals surface area contributed by atoms with Gasteiger partial charge in [0.15, 0.2) is 0 Å². The molecule has 0 spiro atoms. The molecule has 0 atom stereocenters. The molecule has 8 heteroatoms. The molecule has 2 amide bonds. The van der Waals surface area contributed by atoms with Crippen molar-refractivity contribution in [3.05, 3.63) is 35.9 Å². The van der Waals surface area contributed by atoms with Crippen molar-refractivity contribution in [2.45, 2.75) is 24.9 Å². The molecule has 25 heavy (non-hydrogen) atoms. The SMILES string of the molecule is COC1(CNC(=O)NCCc2ccccc2)CCN(S(C)(=O)=O)CC1. The van der Waals surface area contributed by atoms with Gasteiger partial charge >= 0.3 is 6.03 Å². The number of benzene rings is 1. The van der Waals surface area contributed by atoms with Crippen molar-refractivity contribution in [3.63, 3.8) is 0 Å². The number of amides is 2. The van der Waals surface area contributed by atoms with Gasteiger partial charge in [0.05, 0.1) is 11.9 Å². The number of ether oxygens (including phenoxy) is 1. The predicted molar refractivity (Wildman–Crippen MR) is 96.9 cm³/mol. The first-order valence-electron chi connectivity index (χ1n) is 8.41. The molecule has 2 N–H and O–H groups in total. The van der Waals surface area contributed by atoms with E-state index in [0.717, 1.165) is 6.42 Å². The minimum Gasteiger partial charge on any atom is -0.376 e. The topological polar surface area (TPSA) is 87.7 Å². The highest BCUT2D eigenvalue weighted by atomic mass is 32.2. The first-order chi connectivity index (χ1) is 11.8. The molecule has 0 saturated carbocycles. The Kier molecular flexibility index (Phi) is 6.80. The summed E-state index contributed by atoms with van der Waals surface area (Å²) in [5.41, 5.74) is 0.655. The monoisotopic (exact) mass is 369 g/mol. The fourth-order valence-corrected chi connectivity index (χ4v) is 3.79. The van der Waals surface area contributed by atoms with Crippen LogP contribution in [0.1, 0.15) is 18.4 Å². The Morgan fingerprint density at radius 3 is 2.40 bits per heavy atom. The lowest BCUT2D eigenvalue weighted by Gasteiger charge is -2.39. The zero-order valence-electron chi connectivity index (χ0n) is 14.8. The minimum atomic E-state index is -3.18. The summed E-state index contributed by atoms with van der Waals surface area (Å²) in [5.74, 6) is 0. The molecule has 1 aromatic carbocycles. The van der Waals surface area contributed by atoms with Gasteiger partial charge in [-0.15, -0.1) is 0 Å². The maximum atomic E-state index is 12.0. The van der Waals surface area contributed by atoms with Crippen LogP contribution in [0.3, 0.4) is 0 Å². The number of carbonyl (C=O) groups excluding carboxylic acids is 1. The highest BCUT2D eigenvalue weighted by molar-refractivity contribution is 7.88. The molecule has 1 aliphatic rings. The second-order valence-electron chi connectivity index (χ2n) is 6.39. The Morgan fingerprint density at radius 2 is 1.84 bits per heavy atom. The van der Waals surface area contributed by atoms with E-state index in [4.69, 9.17) is 4.74 Å². The molecule has 0 aliphatic carbocycles. The number of hydrogen-bond donors (Lipinski definition) is 2. The molecule has 1 fully saturated rings. The molecule has 0 radical (unpaired) electrons. The zero-order valence-corrected chi connectivity index (χ0v) is 15.6. The molecule has 1 aromatic rings. The molecular formula is C17H27N3O4S. The Hall–Kier alpha value is -1.64. The third-order valence-corrected chi connectivity index (χ3v) is 5.95. The van der Waals surface area contributed by atoms with E-state index in [9.17, 15) is 13.2 Å². The van der Waals surface area contributed by atoms with Crippen molar-refractivity contribution in [1.82, 2.24) is 14.9 Å². The highest BCUT2D eigenvalue weighted by Gasteiger charge is 2.37. The van der Waals surface area contributed by atoms with Crippen LogP contribution in [0, 0.1) is 0 Å². The van der Waals surface area contributed by atoms with Gasteiger partial charge in [0.2, 0.25) is 10.0 Å². The van der Waals surface area contributed by atoms with Crippen LogP contribution in [-0.4, -0.2) is 63.9 Å². The number of nitrogens with zero attached hydrogens (tertiary/aromatic N) is 1. The quantitative estimate of drug-likeness (QED) is 0.750. The van der Waals surface area contributed by atoms with Crippen LogP contribution in [0.4, 0.5) is 4.79 Å². The molecule has 1 saturated heterocycles. The van der Waals surface area contributed by atoms with Gasteiger partial charge in [0, 0.05) is 33.3 Å². The van der Waals surface area contributed by atoms with Crippen molar-refractivity contribution >= 4 is 16.1 Å². The van der Waals surface area contributed by atoms with Gasteiger partial charge in [-0.25, -0.2) is 17.5 Å². The maximum Gasteiger partial charge on any atom is 0.314 e. The summed E-state index contributed by atoms with van der Waals surface area (Å²) >= 11 is 0. The van der Waals surface area contributed by atoms with Gasteiger partial charge in [-0.3, -0.25) is 0 Å². The molecule has 0 bridgehead atoms. The third-order valence-electron chi connectivity index (χ3n) is 4.65. The highest BCUT2D eigenvalue weighted by Crippen LogP contribution is 2.26. The van der Waals surface area contributed by atoms with E-state index >= 15 is 0 Å². The van der Waals surface area contributed by atoms with Crippen molar-refractivity contribution in [1.29, 1.82) is 0 Å². The van der Waals surface area contributed by atoms with Crippen LogP contribution in [0.25, 0.3) is 0 Å². The van der Waals surface area contributed by atoms with Crippen LogP contribution in [0.5, 0.6) is 0 Å². The summed E-state index contributed by atoms with van der Waals surface area (Å²) in [5, 5.41) is 5.67. The average molecular weight is 369 g/mol. The second kappa shape index (κ2) is 8.64. The van der Waals surface area contributed by atoms with Gasteiger partial charge < -0.3 is 15.4 Å². The van der Waals surface area contributed by atoms with E-state index in [1.54, 1.807) is 7.11 Å². The lowest BCUT2D eigenvalue weighted by Crippen LogP contribution is -2.54. The van der Waals surface area contributed by atoms with E-state index in [1.165, 1.54) is 16.1 Å². The lowest BCUT2D eigenvalue weighted by molar-refractivity contribution is -0.0417. The maximum absolute atomic E-state index is 12.0. The number of rotatable bonds is 7. The van der Waals surface area contributed by atoms with Crippen molar-refractivity contribution in [3.8, 4) is 0 Å². The van der Waals surface area contributed by atoms with Crippen LogP contribution in [0.15, 0.2) is 30.3 Å². The van der Waals surface area contributed by atoms with Gasteiger partial charge in [0.25, 0.3) is 0 Å². The third kappa shape index (κ3) is 5.98. The minimum absolute atomic E-state index is 0.238. The van der Waals surface area contributed by atoms with E-state index in [0.29, 0.717) is 39.0 Å². The molecule has 7 nitrogen and oxygen atoms in total. The summed E-state index contributed by atoms with van der Waals surface area (Å²) in [6.07, 6.45) is 3.10. The van der Waals surface area contributed by atoms with E-state index < -0.39 is 15.6 Å². The van der Waals surface area contributed by atoms with Crippen LogP contribution in [-0.2, 0) is 21.2 Å². The lowest BCUT2D eigenvalue weighted by atomic mass is 9.92. The van der Waals surface area contributed by atoms with Gasteiger partial charge in [-0.05, 0) is 24.8 Å². The second-order valence-corrected chi connectivity index (χ2v) is 8.38. The standard InChI is InChI=1S/C17H27N3O4S/c1-24-17(9-12-20(13-10-17)25(2,22)23)14-19-16(21)18-11-8-15-6-4-3-5-7-15/h3-7H,8-14H2,1-2H3,(H2,18,19,21). The number of hydrogen-bond acceptors (Lipinski definition) is 4. The Bertz CT molecular complexity index is 656. The smallest absolute Gasteiger partial charge is 0.314 e. The Balaban J connectivity index is 1.74. The van der Waals surface area contributed by atoms with Gasteiger partial charge in [0.1, 0.15) is 0 Å². The van der Waals surface area contributed by atoms with Crippen molar-refractivity contribution < 1.29 is 17.9 Å². The van der Waals surface area contributed by atoms with E-state index in [2.05, 4.69) is 10.6 Å². The first kappa shape index (κ1) is 19.7. The number of piperidine rings is 1. The Morgan fingerprint density at radius 1 is 1.20 bits per heavy atom. The van der Waals surface area contributed by atoms with Crippen LogP contribution >= 0.6 is 0 Å². The number of urea groups is 1. The molecule has 0 aromatic heterocycles. The Labute approximate surface area is 149 Å². The fraction of sp³-hybridized carbons (Fsp3) is 0.588. The van der Waals surface area contributed by atoms with E-state index in [-0.39, 0.29) is 6.03 Å². The largest absolute Gasteiger partial charge is 0.376 e. The number of nitrogens with one attached hydrogen (secondary N) is 2. The van der Waals surface area contributed by atoms with E-state index in [1.807, 2.05) is 30.3 Å². The number of sulfonamides is 1. The summed E-state index contributed by atoms with van der Waals surface area (Å²) in [4.78, 5) is 12.0. The van der Waals surface area contributed by atoms with Crippen LogP contribution in [0.2, 0.25) is 0 Å². The summed E-state index contributed by atoms with van der Waals surface area (Å²) < 4.78 is 30.2. The fourth-order valence-electron chi connectivity index (χ4n) is 2.95. The van der Waals surface area contributed by atoms with Crippen molar-refractivity contribution in [2.24, 2.45) is 0 Å². The molecule has 2 rings (SSSR count). The summed E-state index contributed by atoms with van der Waals surface area (Å²) in [6, 6.07) is 9.71. The molecule has 1 aliphatic heterocycles. The molecule has 0 unspecified atom stereocenters. The number of methoxy groups -OCH3 is 1. The molecule has 140 valence electrons. The predicted octanol–water partition coefficient (Wildman–Crippen LogP) is 0.969. The average Bonchev–Trinajstić information content (AvgIpc) is 2.60. The molecule has 1 heterocycles. The summed E-state index contributed by atoms with van der Waals surface area (Å²) in [6.45, 7) is 1.73.